The standard InChI is InChI=1S/C11H13NO3S/c1-15-11-6-7-12(8-11)16(13,14)10-5-3-2-4-9(10)11/h2-5H,6-8H2,1H3/t11-/m0/s1. The highest BCUT2D eigenvalue weighted by Crippen LogP contribution is 2.45. The zero-order chi connectivity index (χ0) is 11.4. The third kappa shape index (κ3) is 1.08. The SMILES string of the molecule is CO[C@@]12CCN(C1)S(=O)(=O)c1ccccc12. The van der Waals surface area contributed by atoms with E-state index in [1.165, 1.54) is 4.31 Å². The van der Waals surface area contributed by atoms with Crippen LogP contribution in [0.3, 0.4) is 0 Å². The largest absolute Gasteiger partial charge is 0.372 e. The summed E-state index contributed by atoms with van der Waals surface area (Å²) in [5, 5.41) is 0. The van der Waals surface area contributed by atoms with Gasteiger partial charge in [-0.25, -0.2) is 8.42 Å². The molecule has 1 unspecified atom stereocenters. The summed E-state index contributed by atoms with van der Waals surface area (Å²) in [6.07, 6.45) is 0.736. The Labute approximate surface area is 94.9 Å². The van der Waals surface area contributed by atoms with Gasteiger partial charge in [0.1, 0.15) is 5.60 Å². The second kappa shape index (κ2) is 3.06. The maximum atomic E-state index is 12.2. The zero-order valence-corrected chi connectivity index (χ0v) is 9.83. The number of rotatable bonds is 1. The number of sulfonamides is 1. The summed E-state index contributed by atoms with van der Waals surface area (Å²) in [6.45, 7) is 0.994. The summed E-state index contributed by atoms with van der Waals surface area (Å²) in [6, 6.07) is 7.14. The summed E-state index contributed by atoms with van der Waals surface area (Å²) >= 11 is 0. The number of ether oxygens (including phenoxy) is 1. The Morgan fingerprint density at radius 1 is 1.38 bits per heavy atom. The Hall–Kier alpha value is -0.910. The summed E-state index contributed by atoms with van der Waals surface area (Å²) < 4.78 is 31.5. The molecular weight excluding hydrogens is 226 g/mol. The van der Waals surface area contributed by atoms with Gasteiger partial charge in [-0.1, -0.05) is 18.2 Å². The molecule has 0 radical (unpaired) electrons. The number of hydrogen-bond donors (Lipinski definition) is 0. The molecule has 2 aliphatic heterocycles. The maximum Gasteiger partial charge on any atom is 0.243 e. The fourth-order valence-electron chi connectivity index (χ4n) is 2.66. The molecule has 1 aromatic carbocycles. The topological polar surface area (TPSA) is 46.6 Å². The van der Waals surface area contributed by atoms with Crippen LogP contribution in [0.15, 0.2) is 29.2 Å². The fourth-order valence-corrected chi connectivity index (χ4v) is 4.43. The van der Waals surface area contributed by atoms with Crippen molar-refractivity contribution in [3.8, 4) is 0 Å². The van der Waals surface area contributed by atoms with Crippen molar-refractivity contribution in [2.75, 3.05) is 20.2 Å². The lowest BCUT2D eigenvalue weighted by Gasteiger charge is -2.34. The molecule has 0 aliphatic carbocycles. The molecular formula is C11H13NO3S. The first-order chi connectivity index (χ1) is 7.60. The summed E-state index contributed by atoms with van der Waals surface area (Å²) in [5.74, 6) is 0. The highest BCUT2D eigenvalue weighted by atomic mass is 32.2. The van der Waals surface area contributed by atoms with E-state index in [1.54, 1.807) is 19.2 Å². The van der Waals surface area contributed by atoms with Crippen molar-refractivity contribution >= 4 is 10.0 Å². The van der Waals surface area contributed by atoms with Crippen molar-refractivity contribution in [1.82, 2.24) is 4.31 Å². The van der Waals surface area contributed by atoms with Crippen molar-refractivity contribution in [3.63, 3.8) is 0 Å². The Balaban J connectivity index is 2.33. The molecule has 4 nitrogen and oxygen atoms in total. The van der Waals surface area contributed by atoms with E-state index in [2.05, 4.69) is 0 Å². The fraction of sp³-hybridized carbons (Fsp3) is 0.455. The van der Waals surface area contributed by atoms with Crippen LogP contribution >= 0.6 is 0 Å². The van der Waals surface area contributed by atoms with E-state index < -0.39 is 15.6 Å². The van der Waals surface area contributed by atoms with Crippen molar-refractivity contribution in [1.29, 1.82) is 0 Å². The average molecular weight is 239 g/mol. The van der Waals surface area contributed by atoms with Crippen LogP contribution in [0.2, 0.25) is 0 Å². The van der Waals surface area contributed by atoms with Crippen LogP contribution in [0.5, 0.6) is 0 Å². The molecule has 2 bridgehead atoms. The Morgan fingerprint density at radius 2 is 2.12 bits per heavy atom. The predicted octanol–water partition coefficient (Wildman–Crippen LogP) is 0.936. The first-order valence-electron chi connectivity index (χ1n) is 5.25. The molecule has 1 aromatic rings. The van der Waals surface area contributed by atoms with Gasteiger partial charge in [0.15, 0.2) is 0 Å². The summed E-state index contributed by atoms with van der Waals surface area (Å²) in [4.78, 5) is 0.403. The van der Waals surface area contributed by atoms with Gasteiger partial charge in [0, 0.05) is 25.8 Å². The number of hydrogen-bond acceptors (Lipinski definition) is 3. The molecule has 5 heteroatoms. The lowest BCUT2D eigenvalue weighted by molar-refractivity contribution is -0.00570. The van der Waals surface area contributed by atoms with E-state index in [4.69, 9.17) is 4.74 Å². The molecule has 16 heavy (non-hydrogen) atoms. The molecule has 1 fully saturated rings. The van der Waals surface area contributed by atoms with Gasteiger partial charge in [0.2, 0.25) is 10.0 Å². The number of fused-ring (bicyclic) bond motifs is 4. The summed E-state index contributed by atoms with van der Waals surface area (Å²) in [7, 11) is -1.64. The second-order valence-electron chi connectivity index (χ2n) is 4.28. The van der Waals surface area contributed by atoms with Crippen molar-refractivity contribution < 1.29 is 13.2 Å². The van der Waals surface area contributed by atoms with Gasteiger partial charge in [-0.2, -0.15) is 4.31 Å². The van der Waals surface area contributed by atoms with Gasteiger partial charge < -0.3 is 4.74 Å². The minimum absolute atomic E-state index is 0.403. The first kappa shape index (κ1) is 10.3. The van der Waals surface area contributed by atoms with Crippen LogP contribution < -0.4 is 0 Å². The smallest absolute Gasteiger partial charge is 0.243 e. The second-order valence-corrected chi connectivity index (χ2v) is 6.19. The lowest BCUT2D eigenvalue weighted by Crippen LogP contribution is -2.41. The monoisotopic (exact) mass is 239 g/mol. The maximum absolute atomic E-state index is 12.2. The number of methoxy groups -OCH3 is 1. The molecule has 0 saturated carbocycles. The van der Waals surface area contributed by atoms with Gasteiger partial charge in [0.25, 0.3) is 0 Å². The Bertz CT molecular complexity index is 540. The van der Waals surface area contributed by atoms with Crippen molar-refractivity contribution in [2.24, 2.45) is 0 Å². The van der Waals surface area contributed by atoms with Crippen molar-refractivity contribution in [3.05, 3.63) is 29.8 Å². The van der Waals surface area contributed by atoms with Gasteiger partial charge in [0.05, 0.1) is 4.90 Å². The zero-order valence-electron chi connectivity index (χ0n) is 9.01. The number of nitrogens with zero attached hydrogens (tertiary/aromatic N) is 1. The Morgan fingerprint density at radius 3 is 2.88 bits per heavy atom. The van der Waals surface area contributed by atoms with Crippen LogP contribution in [0.4, 0.5) is 0 Å². The minimum atomic E-state index is -3.29. The highest BCUT2D eigenvalue weighted by Gasteiger charge is 2.51. The van der Waals surface area contributed by atoms with E-state index in [1.807, 2.05) is 12.1 Å². The molecule has 1 saturated heterocycles. The molecule has 0 aromatic heterocycles. The highest BCUT2D eigenvalue weighted by molar-refractivity contribution is 7.89. The first-order valence-corrected chi connectivity index (χ1v) is 6.69. The van der Waals surface area contributed by atoms with Gasteiger partial charge >= 0.3 is 0 Å². The van der Waals surface area contributed by atoms with E-state index in [9.17, 15) is 8.42 Å². The third-order valence-corrected chi connectivity index (χ3v) is 5.49. The predicted molar refractivity (Wildman–Crippen MR) is 58.5 cm³/mol. The molecule has 0 N–H and O–H groups in total. The quantitative estimate of drug-likeness (QED) is 0.732. The van der Waals surface area contributed by atoms with E-state index in [0.717, 1.165) is 12.0 Å². The molecule has 2 heterocycles. The third-order valence-electron chi connectivity index (χ3n) is 3.58. The Kier molecular flexibility index (Phi) is 1.96. The van der Waals surface area contributed by atoms with Crippen molar-refractivity contribution in [2.45, 2.75) is 16.9 Å². The molecule has 86 valence electrons. The van der Waals surface area contributed by atoms with E-state index >= 15 is 0 Å². The minimum Gasteiger partial charge on any atom is -0.372 e. The number of benzene rings is 1. The molecule has 2 atom stereocenters. The average Bonchev–Trinajstić information content (AvgIpc) is 2.71. The lowest BCUT2D eigenvalue weighted by atomic mass is 9.92. The van der Waals surface area contributed by atoms with Gasteiger partial charge in [-0.15, -0.1) is 0 Å². The van der Waals surface area contributed by atoms with E-state index in [0.29, 0.717) is 18.0 Å². The molecule has 0 amide bonds. The normalized spacial score (nSPS) is 34.7. The van der Waals surface area contributed by atoms with Gasteiger partial charge in [-0.05, 0) is 12.5 Å². The molecule has 0 spiro atoms. The van der Waals surface area contributed by atoms with Gasteiger partial charge in [-0.3, -0.25) is 0 Å². The van der Waals surface area contributed by atoms with Crippen LogP contribution in [0.25, 0.3) is 0 Å². The molecule has 2 aliphatic rings. The van der Waals surface area contributed by atoms with Crippen LogP contribution in [0, 0.1) is 0 Å². The van der Waals surface area contributed by atoms with Crippen LogP contribution in [-0.4, -0.2) is 32.9 Å². The van der Waals surface area contributed by atoms with E-state index in [-0.39, 0.29) is 0 Å². The van der Waals surface area contributed by atoms with Crippen LogP contribution in [0.1, 0.15) is 12.0 Å². The summed E-state index contributed by atoms with van der Waals surface area (Å²) in [5.41, 5.74) is 0.383. The molecule has 3 rings (SSSR count). The van der Waals surface area contributed by atoms with Crippen LogP contribution in [-0.2, 0) is 20.4 Å².